The lowest BCUT2D eigenvalue weighted by Crippen LogP contribution is -2.29. The van der Waals surface area contributed by atoms with E-state index < -0.39 is 23.7 Å². The van der Waals surface area contributed by atoms with Crippen molar-refractivity contribution in [1.82, 2.24) is 0 Å². The van der Waals surface area contributed by atoms with Crippen LogP contribution in [0.25, 0.3) is 5.76 Å². The Hall–Kier alpha value is -4.59. The van der Waals surface area contributed by atoms with E-state index in [9.17, 15) is 19.5 Å². The van der Waals surface area contributed by atoms with Gasteiger partial charge in [-0.2, -0.15) is 0 Å². The fraction of sp³-hybridized carbons (Fsp3) is 0.207. The molecular formula is C29H27NO7. The van der Waals surface area contributed by atoms with Gasteiger partial charge in [-0.3, -0.25) is 14.5 Å². The lowest BCUT2D eigenvalue weighted by atomic mass is 9.94. The number of hydrogen-bond acceptors (Lipinski definition) is 7. The number of ether oxygens (including phenoxy) is 3. The fourth-order valence-corrected chi connectivity index (χ4v) is 4.37. The van der Waals surface area contributed by atoms with Crippen LogP contribution < -0.4 is 14.4 Å². The van der Waals surface area contributed by atoms with Crippen LogP contribution in [0.15, 0.2) is 72.3 Å². The highest BCUT2D eigenvalue weighted by Gasteiger charge is 2.47. The number of amides is 1. The second-order valence-corrected chi connectivity index (χ2v) is 8.37. The number of rotatable bonds is 7. The summed E-state index contributed by atoms with van der Waals surface area (Å²) in [5.74, 6) is -1.73. The van der Waals surface area contributed by atoms with E-state index in [1.54, 1.807) is 30.3 Å². The van der Waals surface area contributed by atoms with E-state index in [1.807, 2.05) is 31.2 Å². The number of anilines is 1. The van der Waals surface area contributed by atoms with E-state index in [0.717, 1.165) is 12.0 Å². The van der Waals surface area contributed by atoms with E-state index in [-0.39, 0.29) is 22.6 Å². The second kappa shape index (κ2) is 10.6. The van der Waals surface area contributed by atoms with Crippen LogP contribution in [0.1, 0.15) is 40.0 Å². The molecule has 8 nitrogen and oxygen atoms in total. The Kier molecular flexibility index (Phi) is 7.29. The van der Waals surface area contributed by atoms with Crippen molar-refractivity contribution in [1.29, 1.82) is 0 Å². The van der Waals surface area contributed by atoms with Gasteiger partial charge in [0, 0.05) is 11.8 Å². The summed E-state index contributed by atoms with van der Waals surface area (Å²) in [7, 11) is 4.22. The first-order valence-electron chi connectivity index (χ1n) is 11.6. The number of methoxy groups -OCH3 is 3. The molecule has 0 bridgehead atoms. The van der Waals surface area contributed by atoms with E-state index in [0.29, 0.717) is 22.6 Å². The molecule has 37 heavy (non-hydrogen) atoms. The molecule has 1 amide bonds. The van der Waals surface area contributed by atoms with Gasteiger partial charge < -0.3 is 19.3 Å². The van der Waals surface area contributed by atoms with Gasteiger partial charge in [-0.15, -0.1) is 0 Å². The van der Waals surface area contributed by atoms with E-state index in [1.165, 1.54) is 38.4 Å². The Balaban J connectivity index is 1.91. The number of ketones is 1. The average molecular weight is 502 g/mol. The number of carbonyl (C=O) groups excluding carboxylic acids is 3. The molecule has 190 valence electrons. The molecule has 0 spiro atoms. The van der Waals surface area contributed by atoms with Crippen LogP contribution >= 0.6 is 0 Å². The highest BCUT2D eigenvalue weighted by atomic mass is 16.5. The summed E-state index contributed by atoms with van der Waals surface area (Å²) in [6, 6.07) is 17.6. The average Bonchev–Trinajstić information content (AvgIpc) is 3.21. The van der Waals surface area contributed by atoms with Gasteiger partial charge in [0.15, 0.2) is 0 Å². The van der Waals surface area contributed by atoms with Crippen molar-refractivity contribution in [2.75, 3.05) is 26.2 Å². The molecule has 0 aliphatic carbocycles. The van der Waals surface area contributed by atoms with Crippen molar-refractivity contribution in [3.63, 3.8) is 0 Å². The van der Waals surface area contributed by atoms with Gasteiger partial charge in [0.05, 0.1) is 44.1 Å². The van der Waals surface area contributed by atoms with Gasteiger partial charge in [0.1, 0.15) is 17.3 Å². The third-order valence-corrected chi connectivity index (χ3v) is 6.38. The molecule has 0 radical (unpaired) electrons. The molecule has 1 aliphatic rings. The van der Waals surface area contributed by atoms with Gasteiger partial charge >= 0.3 is 5.97 Å². The summed E-state index contributed by atoms with van der Waals surface area (Å²) in [5.41, 5.74) is 2.59. The maximum Gasteiger partial charge on any atom is 0.337 e. The van der Waals surface area contributed by atoms with E-state index >= 15 is 0 Å². The zero-order valence-electron chi connectivity index (χ0n) is 21.0. The van der Waals surface area contributed by atoms with Crippen LogP contribution in [0, 0.1) is 0 Å². The quantitative estimate of drug-likeness (QED) is 0.217. The number of aliphatic hydroxyl groups excluding tert-OH is 1. The van der Waals surface area contributed by atoms with E-state index in [2.05, 4.69) is 0 Å². The minimum Gasteiger partial charge on any atom is -0.507 e. The Labute approximate surface area is 214 Å². The highest BCUT2D eigenvalue weighted by molar-refractivity contribution is 6.51. The van der Waals surface area contributed by atoms with Gasteiger partial charge in [0.2, 0.25) is 0 Å². The molecule has 1 fully saturated rings. The van der Waals surface area contributed by atoms with Crippen LogP contribution in [0.5, 0.6) is 11.5 Å². The monoisotopic (exact) mass is 501 g/mol. The number of benzene rings is 3. The molecule has 1 N–H and O–H groups in total. The zero-order valence-corrected chi connectivity index (χ0v) is 21.0. The molecule has 1 unspecified atom stereocenters. The Morgan fingerprint density at radius 2 is 1.59 bits per heavy atom. The van der Waals surface area contributed by atoms with Crippen molar-refractivity contribution in [2.24, 2.45) is 0 Å². The Bertz CT molecular complexity index is 1370. The van der Waals surface area contributed by atoms with Crippen LogP contribution in [0.3, 0.4) is 0 Å². The molecule has 1 aliphatic heterocycles. The summed E-state index contributed by atoms with van der Waals surface area (Å²) >= 11 is 0. The predicted octanol–water partition coefficient (Wildman–Crippen LogP) is 4.68. The molecule has 0 saturated carbocycles. The summed E-state index contributed by atoms with van der Waals surface area (Å²) in [5, 5.41) is 11.4. The lowest BCUT2D eigenvalue weighted by molar-refractivity contribution is -0.132. The van der Waals surface area contributed by atoms with Crippen molar-refractivity contribution < 1.29 is 33.7 Å². The number of aryl methyl sites for hydroxylation is 1. The molecular weight excluding hydrogens is 474 g/mol. The summed E-state index contributed by atoms with van der Waals surface area (Å²) in [6.07, 6.45) is 0.818. The Morgan fingerprint density at radius 1 is 0.919 bits per heavy atom. The third kappa shape index (κ3) is 4.65. The second-order valence-electron chi connectivity index (χ2n) is 8.37. The van der Waals surface area contributed by atoms with Crippen molar-refractivity contribution in [2.45, 2.75) is 19.4 Å². The first-order chi connectivity index (χ1) is 17.8. The van der Waals surface area contributed by atoms with Crippen molar-refractivity contribution >= 4 is 29.1 Å². The van der Waals surface area contributed by atoms with Crippen LogP contribution in [0.2, 0.25) is 0 Å². The number of nitrogens with zero attached hydrogens (tertiary/aromatic N) is 1. The number of hydrogen-bond donors (Lipinski definition) is 1. The summed E-state index contributed by atoms with van der Waals surface area (Å²) < 4.78 is 15.4. The first kappa shape index (κ1) is 25.5. The van der Waals surface area contributed by atoms with Crippen molar-refractivity contribution in [3.05, 3.63) is 94.6 Å². The van der Waals surface area contributed by atoms with Gasteiger partial charge in [0.25, 0.3) is 11.7 Å². The topological polar surface area (TPSA) is 102 Å². The summed E-state index contributed by atoms with van der Waals surface area (Å²) in [6.45, 7) is 2.03. The molecule has 1 heterocycles. The van der Waals surface area contributed by atoms with E-state index in [4.69, 9.17) is 14.2 Å². The van der Waals surface area contributed by atoms with Crippen molar-refractivity contribution in [3.8, 4) is 11.5 Å². The minimum absolute atomic E-state index is 0.0743. The number of Topliss-reactive ketones (excluding diaryl/α,β-unsaturated/α-hetero) is 1. The number of esters is 1. The third-order valence-electron chi connectivity index (χ3n) is 6.38. The fourth-order valence-electron chi connectivity index (χ4n) is 4.37. The van der Waals surface area contributed by atoms with Gasteiger partial charge in [-0.25, -0.2) is 4.79 Å². The van der Waals surface area contributed by atoms with Gasteiger partial charge in [-0.1, -0.05) is 31.2 Å². The number of carbonyl (C=O) groups is 3. The molecule has 0 aromatic heterocycles. The first-order valence-corrected chi connectivity index (χ1v) is 11.6. The van der Waals surface area contributed by atoms with Crippen LogP contribution in [-0.2, 0) is 20.7 Å². The smallest absolute Gasteiger partial charge is 0.337 e. The number of aliphatic hydroxyl groups is 1. The minimum atomic E-state index is -0.915. The molecule has 3 aromatic carbocycles. The van der Waals surface area contributed by atoms with Crippen LogP contribution in [0.4, 0.5) is 5.69 Å². The molecule has 3 aromatic rings. The van der Waals surface area contributed by atoms with Crippen LogP contribution in [-0.4, -0.2) is 44.1 Å². The molecule has 1 saturated heterocycles. The molecule has 4 rings (SSSR count). The maximum absolute atomic E-state index is 13.4. The normalized spacial score (nSPS) is 16.5. The molecule has 8 heteroatoms. The SMILES string of the molecule is CCc1ccc(C2/C(=C(/O)c3ccc(OC)cc3OC)C(=O)C(=O)N2c2ccc(C(=O)OC)cc2)cc1. The highest BCUT2D eigenvalue weighted by Crippen LogP contribution is 2.43. The maximum atomic E-state index is 13.4. The zero-order chi connectivity index (χ0) is 26.7. The predicted molar refractivity (Wildman–Crippen MR) is 138 cm³/mol. The molecule has 1 atom stereocenters. The van der Waals surface area contributed by atoms with Gasteiger partial charge in [-0.05, 0) is 53.9 Å². The Morgan fingerprint density at radius 3 is 2.16 bits per heavy atom. The largest absolute Gasteiger partial charge is 0.507 e. The lowest BCUT2D eigenvalue weighted by Gasteiger charge is -2.26. The summed E-state index contributed by atoms with van der Waals surface area (Å²) in [4.78, 5) is 40.0. The standard InChI is InChI=1S/C29H27NO7/c1-5-17-6-8-18(9-7-17)25-24(26(31)22-15-14-21(35-2)16-23(22)36-3)27(32)28(33)30(25)20-12-10-19(11-13-20)29(34)37-4/h6-16,25,31H,5H2,1-4H3/b26-24-.